The van der Waals surface area contributed by atoms with Gasteiger partial charge in [0.15, 0.2) is 0 Å². The summed E-state index contributed by atoms with van der Waals surface area (Å²) in [5, 5.41) is 0. The molecular weight excluding hydrogens is 243 g/mol. The predicted octanol–water partition coefficient (Wildman–Crippen LogP) is 2.50. The van der Waals surface area contributed by atoms with Gasteiger partial charge in [0.05, 0.1) is 5.56 Å². The maximum Gasteiger partial charge on any atom is 0.417 e. The molecule has 0 radical (unpaired) electrons. The molecule has 0 aromatic heterocycles. The van der Waals surface area contributed by atoms with Crippen molar-refractivity contribution < 1.29 is 29.9 Å². The average molecular weight is 246 g/mol. The summed E-state index contributed by atoms with van der Waals surface area (Å²) >= 11 is 0. The van der Waals surface area contributed by atoms with Gasteiger partial charge >= 0.3 is 16.4 Å². The van der Waals surface area contributed by atoms with Gasteiger partial charge in [0.25, 0.3) is 0 Å². The second-order valence-electron chi connectivity index (χ2n) is 2.58. The fraction of sp³-hybridized carbons (Fsp3) is 0.143. The maximum atomic E-state index is 12.5. The average Bonchev–Trinajstić information content (AvgIpc) is 2.00. The van der Waals surface area contributed by atoms with Gasteiger partial charge in [0.1, 0.15) is 10.7 Å². The molecule has 0 N–H and O–H groups in total. The topological polar surface area (TPSA) is 34.1 Å². The van der Waals surface area contributed by atoms with E-state index in [-0.39, 0.29) is 12.1 Å². The normalized spacial score (nSPS) is 12.9. The zero-order chi connectivity index (χ0) is 11.9. The summed E-state index contributed by atoms with van der Waals surface area (Å²) in [5.74, 6) is -1.26. The Morgan fingerprint density at radius 2 is 1.67 bits per heavy atom. The fourth-order valence-electron chi connectivity index (χ4n) is 0.932. The second kappa shape index (κ2) is 3.44. The molecule has 0 fully saturated rings. The molecule has 0 bridgehead atoms. The van der Waals surface area contributed by atoms with Gasteiger partial charge < -0.3 is 0 Å². The highest BCUT2D eigenvalue weighted by Gasteiger charge is 2.37. The molecule has 2 nitrogen and oxygen atoms in total. The van der Waals surface area contributed by atoms with E-state index < -0.39 is 32.7 Å². The molecule has 0 heterocycles. The van der Waals surface area contributed by atoms with Gasteiger partial charge in [-0.15, -0.1) is 3.89 Å². The Hall–Kier alpha value is -1.18. The minimum atomic E-state index is -5.60. The summed E-state index contributed by atoms with van der Waals surface area (Å²) in [4.78, 5) is -1.71. The van der Waals surface area contributed by atoms with Crippen LogP contribution in [0.15, 0.2) is 23.1 Å². The van der Waals surface area contributed by atoms with Crippen molar-refractivity contribution >= 4 is 10.2 Å². The molecule has 0 saturated heterocycles. The quantitative estimate of drug-likeness (QED) is 0.563. The van der Waals surface area contributed by atoms with Crippen LogP contribution in [0.2, 0.25) is 0 Å². The lowest BCUT2D eigenvalue weighted by atomic mass is 10.2. The van der Waals surface area contributed by atoms with Gasteiger partial charge in [0.2, 0.25) is 0 Å². The van der Waals surface area contributed by atoms with Crippen LogP contribution in [-0.2, 0) is 16.4 Å². The fourth-order valence-corrected chi connectivity index (χ4v) is 1.63. The first kappa shape index (κ1) is 11.9. The van der Waals surface area contributed by atoms with Crippen molar-refractivity contribution in [1.29, 1.82) is 0 Å². The van der Waals surface area contributed by atoms with Gasteiger partial charge in [-0.1, -0.05) is 0 Å². The number of halogens is 5. The molecule has 0 aliphatic heterocycles. The van der Waals surface area contributed by atoms with Gasteiger partial charge in [-0.25, -0.2) is 4.39 Å². The second-order valence-corrected chi connectivity index (χ2v) is 3.89. The van der Waals surface area contributed by atoms with Crippen LogP contribution >= 0.6 is 0 Å². The maximum absolute atomic E-state index is 12.5. The molecule has 0 atom stereocenters. The standard InChI is InChI=1S/C7H3F5O2S/c8-4-1-2-5(7(9,10)11)6(3-4)15(12,13)14/h1-3H. The Morgan fingerprint density at radius 1 is 1.13 bits per heavy atom. The van der Waals surface area contributed by atoms with E-state index in [1.807, 2.05) is 0 Å². The molecule has 1 aromatic carbocycles. The highest BCUT2D eigenvalue weighted by Crippen LogP contribution is 2.35. The minimum Gasteiger partial charge on any atom is -0.207 e. The molecule has 0 saturated carbocycles. The van der Waals surface area contributed by atoms with Crippen LogP contribution in [0.3, 0.4) is 0 Å². The molecule has 0 aliphatic rings. The summed E-state index contributed by atoms with van der Waals surface area (Å²) in [7, 11) is -5.60. The van der Waals surface area contributed by atoms with E-state index in [1.54, 1.807) is 0 Å². The van der Waals surface area contributed by atoms with Crippen LogP contribution in [-0.4, -0.2) is 8.42 Å². The van der Waals surface area contributed by atoms with Crippen molar-refractivity contribution in [1.82, 2.24) is 0 Å². The number of hydrogen-bond acceptors (Lipinski definition) is 2. The summed E-state index contributed by atoms with van der Waals surface area (Å²) in [6.45, 7) is 0. The zero-order valence-corrected chi connectivity index (χ0v) is 7.66. The lowest BCUT2D eigenvalue weighted by molar-refractivity contribution is -0.140. The lowest BCUT2D eigenvalue weighted by Gasteiger charge is -2.09. The predicted molar refractivity (Wildman–Crippen MR) is 39.7 cm³/mol. The van der Waals surface area contributed by atoms with E-state index in [4.69, 9.17) is 0 Å². The third-order valence-corrected chi connectivity index (χ3v) is 2.37. The molecule has 0 aliphatic carbocycles. The number of benzene rings is 1. The number of hydrogen-bond donors (Lipinski definition) is 0. The van der Waals surface area contributed by atoms with Crippen LogP contribution in [0.25, 0.3) is 0 Å². The number of rotatable bonds is 1. The zero-order valence-electron chi connectivity index (χ0n) is 6.85. The van der Waals surface area contributed by atoms with E-state index in [9.17, 15) is 29.9 Å². The van der Waals surface area contributed by atoms with Gasteiger partial charge in [-0.2, -0.15) is 21.6 Å². The van der Waals surface area contributed by atoms with Crippen molar-refractivity contribution in [2.45, 2.75) is 11.1 Å². The summed E-state index contributed by atoms with van der Waals surface area (Å²) < 4.78 is 82.0. The smallest absolute Gasteiger partial charge is 0.207 e. The first-order chi connectivity index (χ1) is 6.62. The van der Waals surface area contributed by atoms with Crippen LogP contribution in [0, 0.1) is 5.82 Å². The third-order valence-electron chi connectivity index (χ3n) is 1.51. The van der Waals surface area contributed by atoms with E-state index >= 15 is 0 Å². The van der Waals surface area contributed by atoms with Crippen molar-refractivity contribution in [3.05, 3.63) is 29.6 Å². The highest BCUT2D eigenvalue weighted by molar-refractivity contribution is 7.86. The monoisotopic (exact) mass is 246 g/mol. The molecular formula is C7H3F5O2S. The molecule has 0 amide bonds. The van der Waals surface area contributed by atoms with Crippen molar-refractivity contribution in [3.8, 4) is 0 Å². The van der Waals surface area contributed by atoms with Crippen molar-refractivity contribution in [2.24, 2.45) is 0 Å². The highest BCUT2D eigenvalue weighted by atomic mass is 32.3. The first-order valence-electron chi connectivity index (χ1n) is 3.44. The Bertz CT molecular complexity index is 477. The Labute approximate surface area is 81.5 Å². The van der Waals surface area contributed by atoms with E-state index in [0.717, 1.165) is 0 Å². The summed E-state index contributed by atoms with van der Waals surface area (Å²) in [6.07, 6.45) is -5.05. The minimum absolute atomic E-state index is 0.0157. The summed E-state index contributed by atoms with van der Waals surface area (Å²) in [6, 6.07) is 0.553. The Morgan fingerprint density at radius 3 is 2.07 bits per heavy atom. The van der Waals surface area contributed by atoms with Gasteiger partial charge in [-0.05, 0) is 18.2 Å². The van der Waals surface area contributed by atoms with E-state index in [0.29, 0.717) is 6.07 Å². The van der Waals surface area contributed by atoms with Crippen LogP contribution in [0.4, 0.5) is 21.4 Å². The van der Waals surface area contributed by atoms with Crippen LogP contribution in [0.5, 0.6) is 0 Å². The largest absolute Gasteiger partial charge is 0.417 e. The van der Waals surface area contributed by atoms with E-state index in [2.05, 4.69) is 0 Å². The molecule has 1 aromatic rings. The first-order valence-corrected chi connectivity index (χ1v) is 4.82. The SMILES string of the molecule is O=S(=O)(F)c1cc(F)ccc1C(F)(F)F. The van der Waals surface area contributed by atoms with Gasteiger partial charge in [-0.3, -0.25) is 0 Å². The molecule has 0 unspecified atom stereocenters. The van der Waals surface area contributed by atoms with Crippen molar-refractivity contribution in [3.63, 3.8) is 0 Å². The van der Waals surface area contributed by atoms with Crippen LogP contribution < -0.4 is 0 Å². The molecule has 8 heteroatoms. The third kappa shape index (κ3) is 2.65. The van der Waals surface area contributed by atoms with Gasteiger partial charge in [0, 0.05) is 0 Å². The molecule has 15 heavy (non-hydrogen) atoms. The molecule has 0 spiro atoms. The van der Waals surface area contributed by atoms with E-state index in [1.165, 1.54) is 0 Å². The Kier molecular flexibility index (Phi) is 2.73. The molecule has 84 valence electrons. The number of alkyl halides is 3. The summed E-state index contributed by atoms with van der Waals surface area (Å²) in [5.41, 5.74) is -1.73. The Balaban J connectivity index is 3.55. The lowest BCUT2D eigenvalue weighted by Crippen LogP contribution is -2.11. The van der Waals surface area contributed by atoms with Crippen LogP contribution in [0.1, 0.15) is 5.56 Å². The van der Waals surface area contributed by atoms with Crippen molar-refractivity contribution in [2.75, 3.05) is 0 Å². The molecule has 1 rings (SSSR count).